The fourth-order valence-electron chi connectivity index (χ4n) is 1.96. The highest BCUT2D eigenvalue weighted by Crippen LogP contribution is 2.28. The molecule has 0 unspecified atom stereocenters. The van der Waals surface area contributed by atoms with Gasteiger partial charge in [0.1, 0.15) is 22.4 Å². The van der Waals surface area contributed by atoms with Gasteiger partial charge in [0.2, 0.25) is 0 Å². The molecule has 0 bridgehead atoms. The summed E-state index contributed by atoms with van der Waals surface area (Å²) in [4.78, 5) is 8.33. The molecule has 0 aromatic carbocycles. The van der Waals surface area contributed by atoms with Crippen LogP contribution in [-0.2, 0) is 4.74 Å². The second kappa shape index (κ2) is 6.49. The van der Waals surface area contributed by atoms with Crippen molar-refractivity contribution in [2.75, 3.05) is 36.9 Å². The quantitative estimate of drug-likeness (QED) is 0.761. The van der Waals surface area contributed by atoms with Crippen LogP contribution in [0, 0.1) is 0 Å². The number of halogens is 1. The van der Waals surface area contributed by atoms with Crippen molar-refractivity contribution >= 4 is 27.6 Å². The minimum Gasteiger partial charge on any atom is -0.388 e. The van der Waals surface area contributed by atoms with Crippen molar-refractivity contribution < 1.29 is 9.84 Å². The van der Waals surface area contributed by atoms with Crippen molar-refractivity contribution in [3.63, 3.8) is 0 Å². The Hall–Kier alpha value is -0.920. The second-order valence-electron chi connectivity index (χ2n) is 4.61. The zero-order valence-electron chi connectivity index (χ0n) is 10.9. The molecule has 6 nitrogen and oxygen atoms in total. The second-order valence-corrected chi connectivity index (χ2v) is 5.40. The molecule has 1 aliphatic heterocycles. The SMILES string of the molecule is CCNc1ncnc(NCC2(O)CCOCC2)c1Br. The van der Waals surface area contributed by atoms with E-state index in [2.05, 4.69) is 36.5 Å². The van der Waals surface area contributed by atoms with E-state index in [9.17, 15) is 5.11 Å². The van der Waals surface area contributed by atoms with E-state index in [0.29, 0.717) is 38.4 Å². The Morgan fingerprint density at radius 3 is 2.58 bits per heavy atom. The molecule has 1 aromatic rings. The average Bonchev–Trinajstić information content (AvgIpc) is 2.41. The van der Waals surface area contributed by atoms with Crippen molar-refractivity contribution in [2.24, 2.45) is 0 Å². The molecule has 0 atom stereocenters. The molecule has 1 aromatic heterocycles. The van der Waals surface area contributed by atoms with Crippen molar-refractivity contribution in [3.8, 4) is 0 Å². The fraction of sp³-hybridized carbons (Fsp3) is 0.667. The van der Waals surface area contributed by atoms with Gasteiger partial charge in [-0.25, -0.2) is 9.97 Å². The Labute approximate surface area is 121 Å². The van der Waals surface area contributed by atoms with Crippen LogP contribution in [0.15, 0.2) is 10.8 Å². The Morgan fingerprint density at radius 2 is 1.95 bits per heavy atom. The number of ether oxygens (including phenoxy) is 1. The third-order valence-electron chi connectivity index (χ3n) is 3.14. The van der Waals surface area contributed by atoms with Gasteiger partial charge < -0.3 is 20.5 Å². The smallest absolute Gasteiger partial charge is 0.146 e. The summed E-state index contributed by atoms with van der Waals surface area (Å²) >= 11 is 3.47. The van der Waals surface area contributed by atoms with Crippen molar-refractivity contribution in [1.82, 2.24) is 9.97 Å². The van der Waals surface area contributed by atoms with E-state index >= 15 is 0 Å². The van der Waals surface area contributed by atoms with E-state index in [4.69, 9.17) is 4.74 Å². The minimum atomic E-state index is -0.721. The van der Waals surface area contributed by atoms with Gasteiger partial charge in [0.15, 0.2) is 0 Å². The summed E-state index contributed by atoms with van der Waals surface area (Å²) in [6, 6.07) is 0. The first-order chi connectivity index (χ1) is 9.14. The third-order valence-corrected chi connectivity index (χ3v) is 3.89. The van der Waals surface area contributed by atoms with Crippen LogP contribution in [0.25, 0.3) is 0 Å². The Bertz CT molecular complexity index is 424. The summed E-state index contributed by atoms with van der Waals surface area (Å²) in [7, 11) is 0. The van der Waals surface area contributed by atoms with Crippen LogP contribution >= 0.6 is 15.9 Å². The minimum absolute atomic E-state index is 0.456. The molecule has 2 heterocycles. The number of anilines is 2. The molecule has 0 aliphatic carbocycles. The van der Waals surface area contributed by atoms with Gasteiger partial charge in [-0.05, 0) is 22.9 Å². The van der Waals surface area contributed by atoms with Crippen LogP contribution in [0.3, 0.4) is 0 Å². The summed E-state index contributed by atoms with van der Waals surface area (Å²) in [6.07, 6.45) is 2.78. The van der Waals surface area contributed by atoms with E-state index in [0.717, 1.165) is 16.8 Å². The van der Waals surface area contributed by atoms with Crippen molar-refractivity contribution in [1.29, 1.82) is 0 Å². The molecule has 1 fully saturated rings. The number of rotatable bonds is 5. The molecule has 1 saturated heterocycles. The lowest BCUT2D eigenvalue weighted by atomic mass is 9.94. The number of aromatic nitrogens is 2. The lowest BCUT2D eigenvalue weighted by molar-refractivity contribution is -0.0543. The van der Waals surface area contributed by atoms with Gasteiger partial charge >= 0.3 is 0 Å². The number of hydrogen-bond donors (Lipinski definition) is 3. The number of aliphatic hydroxyl groups is 1. The predicted molar refractivity (Wildman–Crippen MR) is 77.4 cm³/mol. The summed E-state index contributed by atoms with van der Waals surface area (Å²) in [5.74, 6) is 1.44. The van der Waals surface area contributed by atoms with Crippen LogP contribution in [0.4, 0.5) is 11.6 Å². The Kier molecular flexibility index (Phi) is 4.95. The highest BCUT2D eigenvalue weighted by Gasteiger charge is 2.29. The molecular weight excluding hydrogens is 312 g/mol. The van der Waals surface area contributed by atoms with Gasteiger partial charge in [-0.1, -0.05) is 0 Å². The Morgan fingerprint density at radius 1 is 1.32 bits per heavy atom. The summed E-state index contributed by atoms with van der Waals surface area (Å²) in [5, 5.41) is 16.7. The first-order valence-electron chi connectivity index (χ1n) is 6.43. The first kappa shape index (κ1) is 14.5. The molecule has 19 heavy (non-hydrogen) atoms. The maximum Gasteiger partial charge on any atom is 0.146 e. The molecule has 0 spiro atoms. The molecule has 1 aliphatic rings. The van der Waals surface area contributed by atoms with Crippen LogP contribution in [0.5, 0.6) is 0 Å². The molecular formula is C12H19BrN4O2. The van der Waals surface area contributed by atoms with Gasteiger partial charge in [-0.2, -0.15) is 0 Å². The topological polar surface area (TPSA) is 79.3 Å². The summed E-state index contributed by atoms with van der Waals surface area (Å²) < 4.78 is 6.04. The predicted octanol–water partition coefficient (Wildman–Crippen LogP) is 1.62. The lowest BCUT2D eigenvalue weighted by Crippen LogP contribution is -2.42. The van der Waals surface area contributed by atoms with Gasteiger partial charge in [-0.3, -0.25) is 0 Å². The van der Waals surface area contributed by atoms with E-state index < -0.39 is 5.60 Å². The van der Waals surface area contributed by atoms with Crippen molar-refractivity contribution in [3.05, 3.63) is 10.8 Å². The Balaban J connectivity index is 2.00. The zero-order chi connectivity index (χ0) is 13.7. The summed E-state index contributed by atoms with van der Waals surface area (Å²) in [5.41, 5.74) is -0.721. The normalized spacial score (nSPS) is 18.1. The lowest BCUT2D eigenvalue weighted by Gasteiger charge is -2.32. The highest BCUT2D eigenvalue weighted by molar-refractivity contribution is 9.10. The van der Waals surface area contributed by atoms with Gasteiger partial charge in [0.05, 0.1) is 5.60 Å². The van der Waals surface area contributed by atoms with E-state index in [1.165, 1.54) is 6.33 Å². The third kappa shape index (κ3) is 3.77. The van der Waals surface area contributed by atoms with E-state index in [-0.39, 0.29) is 0 Å². The van der Waals surface area contributed by atoms with E-state index in [1.807, 2.05) is 6.92 Å². The van der Waals surface area contributed by atoms with E-state index in [1.54, 1.807) is 0 Å². The van der Waals surface area contributed by atoms with Crippen molar-refractivity contribution in [2.45, 2.75) is 25.4 Å². The standard InChI is InChI=1S/C12H19BrN4O2/c1-2-14-10-9(13)11(17-8-16-10)15-7-12(18)3-5-19-6-4-12/h8,18H,2-7H2,1H3,(H2,14,15,16,17). The van der Waals surface area contributed by atoms with Crippen LogP contribution < -0.4 is 10.6 Å². The fourth-order valence-corrected chi connectivity index (χ4v) is 2.45. The van der Waals surface area contributed by atoms with Gasteiger partial charge in [-0.15, -0.1) is 0 Å². The monoisotopic (exact) mass is 330 g/mol. The molecule has 106 valence electrons. The zero-order valence-corrected chi connectivity index (χ0v) is 12.5. The van der Waals surface area contributed by atoms with Gasteiger partial charge in [0, 0.05) is 39.1 Å². The number of nitrogens with zero attached hydrogens (tertiary/aromatic N) is 2. The molecule has 7 heteroatoms. The van der Waals surface area contributed by atoms with Gasteiger partial charge in [0.25, 0.3) is 0 Å². The molecule has 2 rings (SSSR count). The van der Waals surface area contributed by atoms with Crippen LogP contribution in [-0.4, -0.2) is 47.0 Å². The molecule has 0 saturated carbocycles. The maximum atomic E-state index is 10.4. The van der Waals surface area contributed by atoms with Crippen LogP contribution in [0.1, 0.15) is 19.8 Å². The largest absolute Gasteiger partial charge is 0.388 e. The number of hydrogen-bond acceptors (Lipinski definition) is 6. The highest BCUT2D eigenvalue weighted by atomic mass is 79.9. The van der Waals surface area contributed by atoms with Crippen LogP contribution in [0.2, 0.25) is 0 Å². The molecule has 0 amide bonds. The molecule has 3 N–H and O–H groups in total. The molecule has 0 radical (unpaired) electrons. The number of nitrogens with one attached hydrogen (secondary N) is 2. The maximum absolute atomic E-state index is 10.4. The first-order valence-corrected chi connectivity index (χ1v) is 7.22. The summed E-state index contributed by atoms with van der Waals surface area (Å²) in [6.45, 7) is 4.46. The average molecular weight is 331 g/mol.